The fraction of sp³-hybridized carbons (Fsp3) is 0.444. The zero-order chi connectivity index (χ0) is 19.1. The van der Waals surface area contributed by atoms with E-state index in [0.717, 1.165) is 0 Å². The number of amides is 2. The summed E-state index contributed by atoms with van der Waals surface area (Å²) in [7, 11) is 0. The van der Waals surface area contributed by atoms with Gasteiger partial charge in [0.05, 0.1) is 6.61 Å². The third-order valence-electron chi connectivity index (χ3n) is 3.94. The van der Waals surface area contributed by atoms with E-state index in [4.69, 9.17) is 4.74 Å². The second-order valence-corrected chi connectivity index (χ2v) is 5.68. The zero-order valence-corrected chi connectivity index (χ0v) is 14.8. The Bertz CT molecular complexity index is 671. The summed E-state index contributed by atoms with van der Waals surface area (Å²) < 4.78 is 34.5. The van der Waals surface area contributed by atoms with E-state index in [-0.39, 0.29) is 23.3 Å². The summed E-state index contributed by atoms with van der Waals surface area (Å²) in [6.07, 6.45) is 3.01. The molecule has 2 rings (SSSR count). The predicted molar refractivity (Wildman–Crippen MR) is 92.1 cm³/mol. The normalized spacial score (nSPS) is 14.8. The maximum Gasteiger partial charge on any atom is 0.387 e. The van der Waals surface area contributed by atoms with Gasteiger partial charge in [-0.1, -0.05) is 6.07 Å². The van der Waals surface area contributed by atoms with Crippen LogP contribution in [0.5, 0.6) is 11.5 Å². The quantitative estimate of drug-likeness (QED) is 0.724. The van der Waals surface area contributed by atoms with Crippen molar-refractivity contribution in [3.8, 4) is 11.5 Å². The summed E-state index contributed by atoms with van der Waals surface area (Å²) in [6, 6.07) is 4.49. The maximum atomic E-state index is 12.4. The molecule has 0 unspecified atom stereocenters. The van der Waals surface area contributed by atoms with Crippen LogP contribution in [0.25, 0.3) is 6.08 Å². The van der Waals surface area contributed by atoms with Gasteiger partial charge in [-0.2, -0.15) is 8.78 Å². The Kier molecular flexibility index (Phi) is 6.94. The number of rotatable bonds is 6. The first-order valence-electron chi connectivity index (χ1n) is 8.35. The minimum absolute atomic E-state index is 0.00204. The van der Waals surface area contributed by atoms with Crippen LogP contribution in [0.2, 0.25) is 0 Å². The Labute approximate surface area is 151 Å². The summed E-state index contributed by atoms with van der Waals surface area (Å²) in [5.41, 5.74) is 0.630. The molecule has 0 radical (unpaired) electrons. The molecule has 8 heteroatoms. The van der Waals surface area contributed by atoms with Crippen LogP contribution in [-0.4, -0.2) is 61.0 Å². The van der Waals surface area contributed by atoms with Crippen LogP contribution in [-0.2, 0) is 9.59 Å². The average Bonchev–Trinajstić information content (AvgIpc) is 2.61. The van der Waals surface area contributed by atoms with Gasteiger partial charge in [-0.05, 0) is 30.7 Å². The molecule has 0 spiro atoms. The molecule has 1 aromatic carbocycles. The van der Waals surface area contributed by atoms with Crippen LogP contribution in [0.3, 0.4) is 0 Å². The molecule has 1 aromatic rings. The SMILES string of the molecule is CCOc1cc(/C=C/C(=O)N2CCN(C(C)=O)CC2)ccc1OC(F)F. The molecule has 0 bridgehead atoms. The van der Waals surface area contributed by atoms with E-state index < -0.39 is 6.61 Å². The van der Waals surface area contributed by atoms with Crippen LogP contribution in [0.15, 0.2) is 24.3 Å². The minimum Gasteiger partial charge on any atom is -0.490 e. The van der Waals surface area contributed by atoms with Gasteiger partial charge in [-0.25, -0.2) is 0 Å². The van der Waals surface area contributed by atoms with Crippen LogP contribution in [0.4, 0.5) is 8.78 Å². The lowest BCUT2D eigenvalue weighted by Crippen LogP contribution is -2.49. The molecule has 1 aliphatic rings. The Morgan fingerprint density at radius 3 is 2.38 bits per heavy atom. The lowest BCUT2D eigenvalue weighted by molar-refractivity contribution is -0.135. The van der Waals surface area contributed by atoms with Crippen LogP contribution in [0.1, 0.15) is 19.4 Å². The van der Waals surface area contributed by atoms with Gasteiger partial charge in [0.25, 0.3) is 0 Å². The number of hydrogen-bond donors (Lipinski definition) is 0. The van der Waals surface area contributed by atoms with Crippen LogP contribution < -0.4 is 9.47 Å². The van der Waals surface area contributed by atoms with E-state index in [1.807, 2.05) is 0 Å². The van der Waals surface area contributed by atoms with E-state index in [1.165, 1.54) is 19.1 Å². The molecule has 0 aromatic heterocycles. The van der Waals surface area contributed by atoms with Gasteiger partial charge >= 0.3 is 6.61 Å². The molecular formula is C18H22F2N2O4. The number of halogens is 2. The largest absolute Gasteiger partial charge is 0.490 e. The number of ether oxygens (including phenoxy) is 2. The van der Waals surface area contributed by atoms with Gasteiger partial charge in [-0.3, -0.25) is 9.59 Å². The van der Waals surface area contributed by atoms with Crippen molar-refractivity contribution in [2.75, 3.05) is 32.8 Å². The molecule has 0 aliphatic carbocycles. The van der Waals surface area contributed by atoms with Crippen molar-refractivity contribution >= 4 is 17.9 Å². The van der Waals surface area contributed by atoms with Crippen molar-refractivity contribution in [3.05, 3.63) is 29.8 Å². The first-order chi connectivity index (χ1) is 12.4. The Morgan fingerprint density at radius 1 is 1.15 bits per heavy atom. The number of alkyl halides is 2. The monoisotopic (exact) mass is 368 g/mol. The van der Waals surface area contributed by atoms with E-state index in [1.54, 1.807) is 34.9 Å². The summed E-state index contributed by atoms with van der Waals surface area (Å²) in [4.78, 5) is 26.9. The molecule has 1 aliphatic heterocycles. The van der Waals surface area contributed by atoms with Crippen LogP contribution >= 0.6 is 0 Å². The Morgan fingerprint density at radius 2 is 1.81 bits per heavy atom. The molecule has 2 amide bonds. The third-order valence-corrected chi connectivity index (χ3v) is 3.94. The Hall–Kier alpha value is -2.64. The van der Waals surface area contributed by atoms with Gasteiger partial charge in [-0.15, -0.1) is 0 Å². The highest BCUT2D eigenvalue weighted by Gasteiger charge is 2.20. The Balaban J connectivity index is 2.01. The second-order valence-electron chi connectivity index (χ2n) is 5.68. The van der Waals surface area contributed by atoms with Gasteiger partial charge in [0.1, 0.15) is 0 Å². The van der Waals surface area contributed by atoms with E-state index in [0.29, 0.717) is 38.3 Å². The van der Waals surface area contributed by atoms with Crippen molar-refractivity contribution in [2.24, 2.45) is 0 Å². The highest BCUT2D eigenvalue weighted by Crippen LogP contribution is 2.30. The van der Waals surface area contributed by atoms with Crippen molar-refractivity contribution in [1.29, 1.82) is 0 Å². The molecule has 6 nitrogen and oxygen atoms in total. The average molecular weight is 368 g/mol. The van der Waals surface area contributed by atoms with Crippen molar-refractivity contribution in [2.45, 2.75) is 20.5 Å². The van der Waals surface area contributed by atoms with E-state index in [9.17, 15) is 18.4 Å². The fourth-order valence-electron chi connectivity index (χ4n) is 2.60. The lowest BCUT2D eigenvalue weighted by Gasteiger charge is -2.33. The van der Waals surface area contributed by atoms with Gasteiger partial charge in [0.2, 0.25) is 11.8 Å². The number of carbonyl (C=O) groups excluding carboxylic acids is 2. The molecule has 26 heavy (non-hydrogen) atoms. The summed E-state index contributed by atoms with van der Waals surface area (Å²) in [5, 5.41) is 0. The number of benzene rings is 1. The maximum absolute atomic E-state index is 12.4. The summed E-state index contributed by atoms with van der Waals surface area (Å²) in [6.45, 7) is 2.60. The van der Waals surface area contributed by atoms with Crippen molar-refractivity contribution in [1.82, 2.24) is 9.80 Å². The van der Waals surface area contributed by atoms with Crippen molar-refractivity contribution in [3.63, 3.8) is 0 Å². The van der Waals surface area contributed by atoms with Gasteiger partial charge < -0.3 is 19.3 Å². The molecule has 0 atom stereocenters. The topological polar surface area (TPSA) is 59.1 Å². The van der Waals surface area contributed by atoms with Gasteiger partial charge in [0.15, 0.2) is 11.5 Å². The molecular weight excluding hydrogens is 346 g/mol. The van der Waals surface area contributed by atoms with Crippen molar-refractivity contribution < 1.29 is 27.8 Å². The lowest BCUT2D eigenvalue weighted by atomic mass is 10.2. The summed E-state index contributed by atoms with van der Waals surface area (Å²) >= 11 is 0. The standard InChI is InChI=1S/C18H22F2N2O4/c1-3-25-16-12-14(4-6-15(16)26-18(19)20)5-7-17(24)22-10-8-21(9-11-22)13(2)23/h4-7,12,18H,3,8-11H2,1-2H3/b7-5+. The number of hydrogen-bond acceptors (Lipinski definition) is 4. The fourth-order valence-corrected chi connectivity index (χ4v) is 2.60. The molecule has 1 fully saturated rings. The highest BCUT2D eigenvalue weighted by atomic mass is 19.3. The smallest absolute Gasteiger partial charge is 0.387 e. The van der Waals surface area contributed by atoms with E-state index in [2.05, 4.69) is 4.74 Å². The molecule has 0 saturated carbocycles. The van der Waals surface area contributed by atoms with Crippen LogP contribution in [0, 0.1) is 0 Å². The van der Waals surface area contributed by atoms with E-state index >= 15 is 0 Å². The minimum atomic E-state index is -2.94. The number of carbonyl (C=O) groups is 2. The third kappa shape index (κ3) is 5.44. The predicted octanol–water partition coefficient (Wildman–Crippen LogP) is 2.39. The number of piperazine rings is 1. The van der Waals surface area contributed by atoms with Gasteiger partial charge in [0, 0.05) is 39.2 Å². The zero-order valence-electron chi connectivity index (χ0n) is 14.8. The molecule has 142 valence electrons. The second kappa shape index (κ2) is 9.17. The molecule has 1 heterocycles. The first-order valence-corrected chi connectivity index (χ1v) is 8.35. The highest BCUT2D eigenvalue weighted by molar-refractivity contribution is 5.92. The first kappa shape index (κ1) is 19.7. The molecule has 1 saturated heterocycles. The number of nitrogens with zero attached hydrogens (tertiary/aromatic N) is 2. The summed E-state index contributed by atoms with van der Waals surface area (Å²) in [5.74, 6) is -0.0237. The molecule has 0 N–H and O–H groups in total.